The largest absolute Gasteiger partial charge is 0.759 e. The van der Waals surface area contributed by atoms with Gasteiger partial charge in [-0.25, -0.2) is 10.1 Å². The van der Waals surface area contributed by atoms with Gasteiger partial charge in [-0.15, -0.1) is 0 Å². The molecule has 0 aromatic heterocycles. The summed E-state index contributed by atoms with van der Waals surface area (Å²) in [6.45, 7) is 0. The number of hydrogen-bond acceptors (Lipinski definition) is 10. The fourth-order valence-corrected chi connectivity index (χ4v) is 3.16. The molecule has 4 aromatic carbocycles. The smallest absolute Gasteiger partial charge is 0.385 e. The molecular formula is C26H24N6O6S. The van der Waals surface area contributed by atoms with Gasteiger partial charge in [0, 0.05) is 34.7 Å². The Hall–Kier alpha value is -4.89. The number of diazo groups is 2. The number of rotatable bonds is 6. The van der Waals surface area contributed by atoms with Crippen LogP contribution >= 0.6 is 0 Å². The SMILES string of the molecule is CON(c1ccccc1)c1ccc([N+]#N)cc1.CON(c1ccccc1)c1ccc([N+]#N)cc1.O=S(=O)([O-])[O-]. The van der Waals surface area contributed by atoms with Crippen molar-refractivity contribution in [3.8, 4) is 0 Å². The first kappa shape index (κ1) is 30.3. The summed E-state index contributed by atoms with van der Waals surface area (Å²) < 4.78 is 34.1. The minimum Gasteiger partial charge on any atom is -0.759 e. The normalized spacial score (nSPS) is 9.90. The highest BCUT2D eigenvalue weighted by molar-refractivity contribution is 7.79. The van der Waals surface area contributed by atoms with Crippen LogP contribution in [0.15, 0.2) is 109 Å². The van der Waals surface area contributed by atoms with E-state index in [4.69, 9.17) is 38.0 Å². The number of nitrogens with zero attached hydrogens (tertiary/aromatic N) is 6. The lowest BCUT2D eigenvalue weighted by molar-refractivity contribution is 0.201. The van der Waals surface area contributed by atoms with Crippen LogP contribution in [0.4, 0.5) is 34.1 Å². The Morgan fingerprint density at radius 2 is 0.821 bits per heavy atom. The van der Waals surface area contributed by atoms with E-state index in [0.717, 1.165) is 22.7 Å². The van der Waals surface area contributed by atoms with E-state index in [-0.39, 0.29) is 0 Å². The lowest BCUT2D eigenvalue weighted by Crippen LogP contribution is -2.14. The Morgan fingerprint density at radius 3 is 1.05 bits per heavy atom. The summed E-state index contributed by atoms with van der Waals surface area (Å²) in [4.78, 5) is 16.9. The van der Waals surface area contributed by atoms with Crippen LogP contribution in [0.3, 0.4) is 0 Å². The summed E-state index contributed by atoms with van der Waals surface area (Å²) in [5.74, 6) is 0. The van der Waals surface area contributed by atoms with Crippen molar-refractivity contribution >= 4 is 44.5 Å². The average molecular weight is 549 g/mol. The monoisotopic (exact) mass is 548 g/mol. The van der Waals surface area contributed by atoms with Gasteiger partial charge in [-0.05, 0) is 48.5 Å². The van der Waals surface area contributed by atoms with Crippen LogP contribution in [0, 0.1) is 10.8 Å². The van der Waals surface area contributed by atoms with Crippen LogP contribution in [0.25, 0.3) is 9.95 Å². The quantitative estimate of drug-likeness (QED) is 0.114. The Morgan fingerprint density at radius 1 is 0.564 bits per heavy atom. The van der Waals surface area contributed by atoms with Gasteiger partial charge >= 0.3 is 11.4 Å². The molecule has 0 N–H and O–H groups in total. The zero-order valence-electron chi connectivity index (χ0n) is 20.9. The van der Waals surface area contributed by atoms with E-state index >= 15 is 0 Å². The van der Waals surface area contributed by atoms with E-state index in [0.29, 0.717) is 11.4 Å². The zero-order valence-corrected chi connectivity index (χ0v) is 21.7. The molecule has 0 unspecified atom stereocenters. The molecule has 12 nitrogen and oxygen atoms in total. The predicted octanol–water partition coefficient (Wildman–Crippen LogP) is 6.40. The molecule has 0 aliphatic heterocycles. The van der Waals surface area contributed by atoms with E-state index in [1.165, 1.54) is 0 Å². The molecular weight excluding hydrogens is 524 g/mol. The molecule has 0 atom stereocenters. The Bertz CT molecular complexity index is 1370. The highest BCUT2D eigenvalue weighted by Crippen LogP contribution is 2.28. The lowest BCUT2D eigenvalue weighted by Gasteiger charge is -2.21. The molecule has 0 spiro atoms. The molecule has 0 fully saturated rings. The van der Waals surface area contributed by atoms with Gasteiger partial charge in [-0.1, -0.05) is 36.4 Å². The summed E-state index contributed by atoms with van der Waals surface area (Å²) >= 11 is 0. The van der Waals surface area contributed by atoms with Crippen molar-refractivity contribution in [3.05, 3.63) is 119 Å². The molecule has 4 aromatic rings. The van der Waals surface area contributed by atoms with Crippen LogP contribution in [0.1, 0.15) is 0 Å². The van der Waals surface area contributed by atoms with Gasteiger partial charge in [0.2, 0.25) is 10.8 Å². The van der Waals surface area contributed by atoms with Gasteiger partial charge in [-0.3, -0.25) is 18.1 Å². The first-order valence-corrected chi connectivity index (χ1v) is 12.4. The van der Waals surface area contributed by atoms with Gasteiger partial charge in [-0.2, -0.15) is 0 Å². The second-order valence-corrected chi connectivity index (χ2v) is 8.08. The molecule has 0 saturated heterocycles. The molecule has 13 heteroatoms. The summed E-state index contributed by atoms with van der Waals surface area (Å²) in [6.07, 6.45) is 0. The van der Waals surface area contributed by atoms with Gasteiger partial charge in [0.25, 0.3) is 0 Å². The third-order valence-corrected chi connectivity index (χ3v) is 4.75. The Balaban J connectivity index is 0.000000234. The Kier molecular flexibility index (Phi) is 12.0. The van der Waals surface area contributed by atoms with Crippen LogP contribution in [0.5, 0.6) is 0 Å². The van der Waals surface area contributed by atoms with Crippen LogP contribution in [0.2, 0.25) is 0 Å². The van der Waals surface area contributed by atoms with E-state index in [2.05, 4.69) is 9.95 Å². The van der Waals surface area contributed by atoms with Gasteiger partial charge in [0.15, 0.2) is 9.95 Å². The Labute approximate surface area is 226 Å². The predicted molar refractivity (Wildman–Crippen MR) is 144 cm³/mol. The highest BCUT2D eigenvalue weighted by Gasteiger charge is 2.11. The van der Waals surface area contributed by atoms with E-state index in [1.54, 1.807) is 48.6 Å². The van der Waals surface area contributed by atoms with E-state index in [9.17, 15) is 0 Å². The number of benzene rings is 4. The lowest BCUT2D eigenvalue weighted by atomic mass is 10.2. The third-order valence-electron chi connectivity index (χ3n) is 4.75. The van der Waals surface area contributed by atoms with E-state index in [1.807, 2.05) is 84.9 Å². The molecule has 4 rings (SSSR count). The van der Waals surface area contributed by atoms with Gasteiger partial charge < -0.3 is 9.11 Å². The maximum atomic E-state index is 8.62. The summed E-state index contributed by atoms with van der Waals surface area (Å²) in [5, 5.41) is 20.6. The fourth-order valence-electron chi connectivity index (χ4n) is 3.16. The molecule has 200 valence electrons. The van der Waals surface area contributed by atoms with Crippen molar-refractivity contribution in [1.29, 1.82) is 10.8 Å². The number of hydrogen-bond donors (Lipinski definition) is 0. The second-order valence-electron chi connectivity index (χ2n) is 7.27. The third kappa shape index (κ3) is 10.6. The zero-order chi connectivity index (χ0) is 28.7. The molecule has 0 bridgehead atoms. The van der Waals surface area contributed by atoms with Crippen molar-refractivity contribution in [2.45, 2.75) is 0 Å². The summed E-state index contributed by atoms with van der Waals surface area (Å²) in [7, 11) is -1.95. The van der Waals surface area contributed by atoms with Crippen molar-refractivity contribution in [2.75, 3.05) is 24.3 Å². The molecule has 39 heavy (non-hydrogen) atoms. The van der Waals surface area contributed by atoms with E-state index < -0.39 is 10.4 Å². The van der Waals surface area contributed by atoms with Crippen LogP contribution in [-0.2, 0) is 20.1 Å². The maximum Gasteiger partial charge on any atom is 0.385 e. The molecule has 0 heterocycles. The molecule has 0 saturated carbocycles. The second kappa shape index (κ2) is 15.4. The van der Waals surface area contributed by atoms with Crippen LogP contribution in [-0.4, -0.2) is 31.7 Å². The highest BCUT2D eigenvalue weighted by atomic mass is 32.3. The van der Waals surface area contributed by atoms with Crippen molar-refractivity contribution in [1.82, 2.24) is 0 Å². The summed E-state index contributed by atoms with van der Waals surface area (Å²) in [6, 6.07) is 33.6. The van der Waals surface area contributed by atoms with Crippen LogP contribution < -0.4 is 10.1 Å². The maximum absolute atomic E-state index is 8.62. The first-order valence-electron chi connectivity index (χ1n) is 11.1. The number of anilines is 4. The minimum atomic E-state index is -5.17. The number of para-hydroxylation sites is 2. The molecule has 0 aliphatic rings. The van der Waals surface area contributed by atoms with Gasteiger partial charge in [0.1, 0.15) is 0 Å². The van der Waals surface area contributed by atoms with Crippen molar-refractivity contribution in [2.24, 2.45) is 0 Å². The van der Waals surface area contributed by atoms with Crippen molar-refractivity contribution < 1.29 is 27.2 Å². The molecule has 0 radical (unpaired) electrons. The summed E-state index contributed by atoms with van der Waals surface area (Å²) in [5.41, 5.74) is 4.63. The average Bonchev–Trinajstić information content (AvgIpc) is 2.95. The molecule has 0 amide bonds. The van der Waals surface area contributed by atoms with Gasteiger partial charge in [0.05, 0.1) is 37.0 Å². The minimum absolute atomic E-state index is 0.512. The topological polar surface area (TPSA) is 162 Å². The fraction of sp³-hybridized carbons (Fsp3) is 0.0769. The standard InChI is InChI=1S/2C13H12N3O.H2O4S/c2*1-17-16(12-5-3-2-4-6-12)13-9-7-11(15-14)8-10-13;1-5(2,3)4/h2*2-10H,1H3;(H2,1,2,3,4)/q2*+1;/p-2. The van der Waals surface area contributed by atoms with Crippen molar-refractivity contribution in [3.63, 3.8) is 0 Å². The molecule has 0 aliphatic carbocycles. The first-order chi connectivity index (χ1) is 18.7.